The number of hydrogen-bond acceptors (Lipinski definition) is 6. The van der Waals surface area contributed by atoms with E-state index in [4.69, 9.17) is 26.1 Å². The molecule has 0 atom stereocenters. The summed E-state index contributed by atoms with van der Waals surface area (Å²) < 4.78 is 10.9. The molecule has 2 aromatic rings. The number of ether oxygens (including phenoxy) is 2. The first-order valence-electron chi connectivity index (χ1n) is 9.40. The summed E-state index contributed by atoms with van der Waals surface area (Å²) in [5.41, 5.74) is 2.79. The second-order valence-electron chi connectivity index (χ2n) is 7.20. The molecule has 0 saturated carbocycles. The predicted octanol–water partition coefficient (Wildman–Crippen LogP) is 3.08. The number of nitrogens with zero attached hydrogens (tertiary/aromatic N) is 3. The van der Waals surface area contributed by atoms with Crippen molar-refractivity contribution in [1.82, 2.24) is 15.5 Å². The largest absolute Gasteiger partial charge is 0.480 e. The van der Waals surface area contributed by atoms with Crippen LogP contribution in [-0.4, -0.2) is 43.3 Å². The highest BCUT2D eigenvalue weighted by Gasteiger charge is 2.43. The van der Waals surface area contributed by atoms with Gasteiger partial charge in [-0.1, -0.05) is 23.7 Å². The predicted molar refractivity (Wildman–Crippen MR) is 110 cm³/mol. The van der Waals surface area contributed by atoms with Crippen molar-refractivity contribution in [1.29, 1.82) is 0 Å². The summed E-state index contributed by atoms with van der Waals surface area (Å²) in [5.74, 6) is 1.96. The maximum absolute atomic E-state index is 6.13. The van der Waals surface area contributed by atoms with Crippen molar-refractivity contribution in [2.45, 2.75) is 25.8 Å². The van der Waals surface area contributed by atoms with Crippen molar-refractivity contribution in [3.8, 4) is 11.8 Å². The van der Waals surface area contributed by atoms with Crippen LogP contribution in [0, 0.1) is 5.41 Å². The minimum absolute atomic E-state index is 0.0852. The molecule has 0 unspecified atom stereocenters. The maximum Gasteiger partial charge on any atom is 0.257 e. The Kier molecular flexibility index (Phi) is 5.37. The van der Waals surface area contributed by atoms with Crippen LogP contribution in [0.1, 0.15) is 24.0 Å². The van der Waals surface area contributed by atoms with E-state index < -0.39 is 0 Å². The van der Waals surface area contributed by atoms with E-state index in [9.17, 15) is 0 Å². The molecule has 28 heavy (non-hydrogen) atoms. The van der Waals surface area contributed by atoms with E-state index >= 15 is 0 Å². The Balaban J connectivity index is 1.75. The van der Waals surface area contributed by atoms with Crippen molar-refractivity contribution in [3.05, 3.63) is 40.4 Å². The fourth-order valence-electron chi connectivity index (χ4n) is 4.04. The van der Waals surface area contributed by atoms with Gasteiger partial charge >= 0.3 is 0 Å². The van der Waals surface area contributed by atoms with Crippen molar-refractivity contribution in [2.24, 2.45) is 10.4 Å². The Morgan fingerprint density at radius 2 is 1.89 bits per heavy atom. The third-order valence-electron chi connectivity index (χ3n) is 5.52. The Morgan fingerprint density at radius 1 is 1.14 bits per heavy atom. The van der Waals surface area contributed by atoms with Crippen LogP contribution in [0.15, 0.2) is 29.3 Å². The number of nitrogens with one attached hydrogen (secondary N) is 2. The first kappa shape index (κ1) is 19.0. The minimum Gasteiger partial charge on any atom is -0.480 e. The lowest BCUT2D eigenvalue weighted by Crippen LogP contribution is -2.49. The molecular formula is C20H24ClN5O2. The molecule has 148 valence electrons. The normalized spacial score (nSPS) is 19.2. The molecule has 1 spiro atoms. The molecule has 1 aromatic heterocycles. The van der Waals surface area contributed by atoms with Gasteiger partial charge < -0.3 is 20.1 Å². The third-order valence-corrected chi connectivity index (χ3v) is 5.76. The summed E-state index contributed by atoms with van der Waals surface area (Å²) in [6, 6.07) is 7.81. The molecule has 0 radical (unpaired) electrons. The van der Waals surface area contributed by atoms with Crippen molar-refractivity contribution in [2.75, 3.05) is 32.6 Å². The molecule has 1 saturated heterocycles. The van der Waals surface area contributed by atoms with Gasteiger partial charge in [-0.25, -0.2) is 0 Å². The van der Waals surface area contributed by atoms with Crippen LogP contribution in [-0.2, 0) is 13.0 Å². The lowest BCUT2D eigenvalue weighted by Gasteiger charge is -2.42. The lowest BCUT2D eigenvalue weighted by atomic mass is 9.71. The van der Waals surface area contributed by atoms with E-state index in [-0.39, 0.29) is 5.41 Å². The van der Waals surface area contributed by atoms with Crippen molar-refractivity contribution in [3.63, 3.8) is 0 Å². The van der Waals surface area contributed by atoms with Gasteiger partial charge in [-0.2, -0.15) is 0 Å². The SMILES string of the molecule is COc1nnc(OC)c2c1CC1(CCNCC1)C(=NCc1cccc(Cl)c1)N2. The summed E-state index contributed by atoms with van der Waals surface area (Å²) in [5, 5.41) is 16.0. The van der Waals surface area contributed by atoms with E-state index in [2.05, 4.69) is 20.8 Å². The smallest absolute Gasteiger partial charge is 0.257 e. The molecule has 3 heterocycles. The van der Waals surface area contributed by atoms with E-state index in [0.717, 1.165) is 60.0 Å². The molecule has 8 heteroatoms. The summed E-state index contributed by atoms with van der Waals surface area (Å²) in [6.07, 6.45) is 2.77. The van der Waals surface area contributed by atoms with Crippen LogP contribution < -0.4 is 20.1 Å². The van der Waals surface area contributed by atoms with E-state index in [1.807, 2.05) is 24.3 Å². The first-order valence-corrected chi connectivity index (χ1v) is 9.77. The van der Waals surface area contributed by atoms with Crippen LogP contribution in [0.4, 0.5) is 5.69 Å². The highest BCUT2D eigenvalue weighted by atomic mass is 35.5. The van der Waals surface area contributed by atoms with Gasteiger partial charge in [0.25, 0.3) is 5.88 Å². The monoisotopic (exact) mass is 401 g/mol. The van der Waals surface area contributed by atoms with Crippen LogP contribution in [0.2, 0.25) is 5.02 Å². The molecule has 0 bridgehead atoms. The number of rotatable bonds is 4. The number of aromatic nitrogens is 2. The maximum atomic E-state index is 6.13. The zero-order valence-electron chi connectivity index (χ0n) is 16.1. The van der Waals surface area contributed by atoms with Crippen molar-refractivity contribution < 1.29 is 9.47 Å². The highest BCUT2D eigenvalue weighted by molar-refractivity contribution is 6.30. The zero-order valence-corrected chi connectivity index (χ0v) is 16.8. The van der Waals surface area contributed by atoms with Gasteiger partial charge in [0.05, 0.1) is 20.8 Å². The first-order chi connectivity index (χ1) is 13.6. The van der Waals surface area contributed by atoms with Crippen molar-refractivity contribution >= 4 is 23.1 Å². The Bertz CT molecular complexity index is 896. The summed E-state index contributed by atoms with van der Waals surface area (Å²) in [7, 11) is 3.21. The zero-order chi connectivity index (χ0) is 19.6. The van der Waals surface area contributed by atoms with Gasteiger partial charge in [0, 0.05) is 16.0 Å². The van der Waals surface area contributed by atoms with E-state index in [1.54, 1.807) is 14.2 Å². The molecule has 0 aliphatic carbocycles. The number of piperidine rings is 1. The molecule has 2 N–H and O–H groups in total. The van der Waals surface area contributed by atoms with Gasteiger partial charge in [-0.3, -0.25) is 4.99 Å². The van der Waals surface area contributed by atoms with Gasteiger partial charge in [-0.05, 0) is 50.0 Å². The summed E-state index contributed by atoms with van der Waals surface area (Å²) >= 11 is 6.13. The van der Waals surface area contributed by atoms with Crippen LogP contribution in [0.3, 0.4) is 0 Å². The quantitative estimate of drug-likeness (QED) is 0.819. The number of benzene rings is 1. The van der Waals surface area contributed by atoms with Gasteiger partial charge in [0.15, 0.2) is 0 Å². The van der Waals surface area contributed by atoms with E-state index in [1.165, 1.54) is 0 Å². The number of aliphatic imine (C=N–C) groups is 1. The molecule has 2 aliphatic rings. The standard InChI is InChI=1S/C20H24ClN5O2/c1-27-17-15-11-20(6-8-22-9-7-20)19(24-16(15)18(28-2)26-25-17)23-12-13-4-3-5-14(21)10-13/h3-5,10,22H,6-9,11-12H2,1-2H3,(H,23,24). The highest BCUT2D eigenvalue weighted by Crippen LogP contribution is 2.45. The van der Waals surface area contributed by atoms with E-state index in [0.29, 0.717) is 18.3 Å². The number of anilines is 1. The molecule has 4 rings (SSSR count). The molecule has 1 aromatic carbocycles. The van der Waals surface area contributed by atoms with Crippen LogP contribution >= 0.6 is 11.6 Å². The fraction of sp³-hybridized carbons (Fsp3) is 0.450. The molecule has 1 fully saturated rings. The van der Waals surface area contributed by atoms with Crippen LogP contribution in [0.25, 0.3) is 0 Å². The Hall–Kier alpha value is -2.38. The number of hydrogen-bond donors (Lipinski definition) is 2. The van der Waals surface area contributed by atoms with Crippen LogP contribution in [0.5, 0.6) is 11.8 Å². The topological polar surface area (TPSA) is 80.7 Å². The van der Waals surface area contributed by atoms with Gasteiger partial charge in [0.2, 0.25) is 5.88 Å². The molecule has 7 nitrogen and oxygen atoms in total. The number of halogens is 1. The molecule has 0 amide bonds. The second-order valence-corrected chi connectivity index (χ2v) is 7.64. The number of fused-ring (bicyclic) bond motifs is 1. The van der Waals surface area contributed by atoms with Gasteiger partial charge in [-0.15, -0.1) is 10.2 Å². The minimum atomic E-state index is -0.0852. The number of methoxy groups -OCH3 is 2. The lowest BCUT2D eigenvalue weighted by molar-refractivity contribution is 0.284. The average Bonchev–Trinajstić information content (AvgIpc) is 2.72. The third kappa shape index (κ3) is 3.52. The number of amidine groups is 1. The Labute approximate surface area is 169 Å². The van der Waals surface area contributed by atoms with Gasteiger partial charge in [0.1, 0.15) is 11.5 Å². The average molecular weight is 402 g/mol. The fourth-order valence-corrected chi connectivity index (χ4v) is 4.25. The second kappa shape index (κ2) is 7.93. The Morgan fingerprint density at radius 3 is 2.61 bits per heavy atom. The molecular weight excluding hydrogens is 378 g/mol. The summed E-state index contributed by atoms with van der Waals surface area (Å²) in [6.45, 7) is 2.46. The molecule has 2 aliphatic heterocycles. The summed E-state index contributed by atoms with van der Waals surface area (Å²) in [4.78, 5) is 4.98.